The topological polar surface area (TPSA) is 116 Å². The van der Waals surface area contributed by atoms with Crippen molar-refractivity contribution >= 4 is 39.3 Å². The second-order valence-corrected chi connectivity index (χ2v) is 12.2. The van der Waals surface area contributed by atoms with Gasteiger partial charge in [0, 0.05) is 35.1 Å². The lowest BCUT2D eigenvalue weighted by atomic mass is 10.0. The molecular weight excluding hydrogens is 608 g/mol. The van der Waals surface area contributed by atoms with Crippen molar-refractivity contribution in [2.45, 2.75) is 51.0 Å². The Morgan fingerprint density at radius 1 is 1.21 bits per heavy atom. The first-order valence-corrected chi connectivity index (χ1v) is 13.9. The van der Waals surface area contributed by atoms with E-state index in [9.17, 15) is 40.7 Å². The zero-order valence-corrected chi connectivity index (χ0v) is 23.3. The number of amides is 2. The Labute approximate surface area is 242 Å². The highest BCUT2D eigenvalue weighted by Crippen LogP contribution is 2.69. The maximum absolute atomic E-state index is 13.9. The van der Waals surface area contributed by atoms with E-state index in [4.69, 9.17) is 4.74 Å². The van der Waals surface area contributed by atoms with Crippen LogP contribution in [0.3, 0.4) is 0 Å². The molecule has 0 spiro atoms. The monoisotopic (exact) mass is 631 g/mol. The lowest BCUT2D eigenvalue weighted by molar-refractivity contribution is -0.209. The smallest absolute Gasteiger partial charge is 0.441 e. The quantitative estimate of drug-likeness (QED) is 0.250. The number of esters is 1. The number of hydrogen-bond donors (Lipinski definition) is 1. The van der Waals surface area contributed by atoms with Crippen molar-refractivity contribution in [2.75, 3.05) is 19.7 Å². The molecule has 2 amide bonds. The van der Waals surface area contributed by atoms with Crippen LogP contribution in [0, 0.1) is 11.3 Å². The summed E-state index contributed by atoms with van der Waals surface area (Å²) in [6.07, 6.45) is -9.19. The molecule has 3 unspecified atom stereocenters. The number of ether oxygens (including phenoxy) is 2. The maximum Gasteiger partial charge on any atom is 0.490 e. The molecule has 0 radical (unpaired) electrons. The zero-order valence-electron chi connectivity index (χ0n) is 22.5. The molecule has 230 valence electrons. The summed E-state index contributed by atoms with van der Waals surface area (Å²) in [5, 5.41) is 7.29. The summed E-state index contributed by atoms with van der Waals surface area (Å²) in [5.74, 6) is -5.70. The van der Waals surface area contributed by atoms with Crippen molar-refractivity contribution in [2.24, 2.45) is 11.3 Å². The van der Waals surface area contributed by atoms with Gasteiger partial charge in [-0.3, -0.25) is 24.2 Å². The number of rotatable bonds is 6. The van der Waals surface area contributed by atoms with E-state index in [0.717, 1.165) is 27.0 Å². The Morgan fingerprint density at radius 3 is 2.60 bits per heavy atom. The lowest BCUT2D eigenvalue weighted by Crippen LogP contribution is -2.45. The van der Waals surface area contributed by atoms with Gasteiger partial charge < -0.3 is 14.8 Å². The van der Waals surface area contributed by atoms with E-state index in [1.165, 1.54) is 32.2 Å². The van der Waals surface area contributed by atoms with Crippen LogP contribution in [0.2, 0.25) is 0 Å². The Hall–Kier alpha value is -3.57. The van der Waals surface area contributed by atoms with Crippen molar-refractivity contribution in [1.82, 2.24) is 25.0 Å². The number of imide groups is 1. The van der Waals surface area contributed by atoms with Crippen molar-refractivity contribution in [3.63, 3.8) is 0 Å². The van der Waals surface area contributed by atoms with Crippen LogP contribution in [0.5, 0.6) is 0 Å². The van der Waals surface area contributed by atoms with Crippen LogP contribution in [-0.2, 0) is 43.1 Å². The molecule has 2 aliphatic heterocycles. The minimum absolute atomic E-state index is 0.0197. The maximum atomic E-state index is 13.9. The Kier molecular flexibility index (Phi) is 6.67. The first-order valence-electron chi connectivity index (χ1n) is 13.1. The van der Waals surface area contributed by atoms with E-state index >= 15 is 0 Å². The van der Waals surface area contributed by atoms with Gasteiger partial charge in [-0.2, -0.15) is 31.4 Å². The van der Waals surface area contributed by atoms with Crippen molar-refractivity contribution in [3.05, 3.63) is 35.0 Å². The van der Waals surface area contributed by atoms with Crippen LogP contribution in [-0.4, -0.2) is 75.0 Å². The van der Waals surface area contributed by atoms with Crippen molar-refractivity contribution in [1.29, 1.82) is 0 Å². The van der Waals surface area contributed by atoms with E-state index in [1.807, 2.05) is 0 Å². The number of aromatic nitrogens is 3. The SMILES string of the molecule is CC1(C)C2C(=O)N(Cc3cc4nccc(-c5cc(C(F)(F)F)n(CC6CNCCO6)n5)c4s3)C(=O)C21OC(=O)C(F)(F)F. The van der Waals surface area contributed by atoms with Gasteiger partial charge in [-0.15, -0.1) is 11.3 Å². The summed E-state index contributed by atoms with van der Waals surface area (Å²) >= 11 is 1.04. The molecule has 0 bridgehead atoms. The number of nitrogens with one attached hydrogen (secondary N) is 1. The van der Waals surface area contributed by atoms with Crippen LogP contribution in [0.4, 0.5) is 26.3 Å². The fraction of sp³-hybridized carbons (Fsp3) is 0.500. The number of halogens is 6. The number of carbonyl (C=O) groups excluding carboxylic acids is 3. The molecule has 10 nitrogen and oxygen atoms in total. The standard InChI is InChI=1S/C26H23F6N5O5S/c1-23(2)19-20(38)36(21(39)24(19,23)42-22(40)26(30,31)32)11-13-7-16-18(43-13)14(3-4-34-16)15-8-17(25(27,28)29)37(35-15)10-12-9-33-5-6-41-12/h3-4,7-8,12,19,33H,5-6,9-11H2,1-2H3. The number of piperidine rings is 1. The molecule has 2 saturated heterocycles. The number of thiophene rings is 1. The van der Waals surface area contributed by atoms with Crippen molar-refractivity contribution < 1.29 is 50.2 Å². The number of alkyl halides is 6. The van der Waals surface area contributed by atoms with Crippen molar-refractivity contribution in [3.8, 4) is 11.3 Å². The highest BCUT2D eigenvalue weighted by atomic mass is 32.1. The van der Waals surface area contributed by atoms with E-state index in [-0.39, 0.29) is 18.8 Å². The second-order valence-electron chi connectivity index (χ2n) is 11.1. The number of nitrogens with zero attached hydrogens (tertiary/aromatic N) is 4. The van der Waals surface area contributed by atoms with Gasteiger partial charge in [-0.25, -0.2) is 4.79 Å². The van der Waals surface area contributed by atoms with Gasteiger partial charge in [0.1, 0.15) is 5.69 Å². The average Bonchev–Trinajstić information content (AvgIpc) is 3.34. The molecule has 3 fully saturated rings. The van der Waals surface area contributed by atoms with Gasteiger partial charge in [0.05, 0.1) is 47.6 Å². The molecule has 1 saturated carbocycles. The molecule has 3 aliphatic rings. The fourth-order valence-corrected chi connectivity index (χ4v) is 7.04. The highest BCUT2D eigenvalue weighted by Gasteiger charge is 2.88. The molecule has 43 heavy (non-hydrogen) atoms. The summed E-state index contributed by atoms with van der Waals surface area (Å²) < 4.78 is 92.1. The van der Waals surface area contributed by atoms with Gasteiger partial charge >= 0.3 is 18.3 Å². The first kappa shape index (κ1) is 29.5. The van der Waals surface area contributed by atoms with Crippen LogP contribution in [0.25, 0.3) is 21.5 Å². The molecule has 6 rings (SSSR count). The number of hydrogen-bond acceptors (Lipinski definition) is 9. The summed E-state index contributed by atoms with van der Waals surface area (Å²) in [5.41, 5.74) is -3.87. The highest BCUT2D eigenvalue weighted by molar-refractivity contribution is 7.19. The third-order valence-electron chi connectivity index (χ3n) is 8.07. The number of likely N-dealkylation sites (tertiary alicyclic amines) is 1. The van der Waals surface area contributed by atoms with Crippen LogP contribution < -0.4 is 5.32 Å². The zero-order chi connectivity index (χ0) is 31.1. The fourth-order valence-electron chi connectivity index (χ4n) is 5.92. The van der Waals surface area contributed by atoms with Gasteiger partial charge in [-0.1, -0.05) is 13.8 Å². The molecule has 3 aromatic rings. The third kappa shape index (κ3) is 4.68. The number of pyridine rings is 1. The van der Waals surface area contributed by atoms with E-state index < -0.39 is 58.9 Å². The predicted molar refractivity (Wildman–Crippen MR) is 136 cm³/mol. The normalized spacial score (nSPS) is 25.3. The van der Waals surface area contributed by atoms with Gasteiger partial charge in [0.2, 0.25) is 11.5 Å². The van der Waals surface area contributed by atoms with Gasteiger partial charge in [0.25, 0.3) is 5.91 Å². The third-order valence-corrected chi connectivity index (χ3v) is 9.21. The molecule has 3 aromatic heterocycles. The number of morpholine rings is 1. The molecule has 0 aromatic carbocycles. The molecule has 5 heterocycles. The molecule has 3 atom stereocenters. The van der Waals surface area contributed by atoms with E-state index in [1.54, 1.807) is 0 Å². The summed E-state index contributed by atoms with van der Waals surface area (Å²) in [6, 6.07) is 3.94. The average molecular weight is 632 g/mol. The Morgan fingerprint density at radius 2 is 1.95 bits per heavy atom. The summed E-state index contributed by atoms with van der Waals surface area (Å²) in [4.78, 5) is 43.4. The molecule has 1 aliphatic carbocycles. The van der Waals surface area contributed by atoms with Crippen LogP contribution in [0.15, 0.2) is 24.4 Å². The Bertz CT molecular complexity index is 1640. The number of fused-ring (bicyclic) bond motifs is 2. The Balaban J connectivity index is 1.29. The molecule has 1 N–H and O–H groups in total. The molecular formula is C26H23F6N5O5S. The van der Waals surface area contributed by atoms with E-state index in [0.29, 0.717) is 40.4 Å². The summed E-state index contributed by atoms with van der Waals surface area (Å²) in [7, 11) is 0. The van der Waals surface area contributed by atoms with Gasteiger partial charge in [0.15, 0.2) is 0 Å². The van der Waals surface area contributed by atoms with E-state index in [2.05, 4.69) is 20.1 Å². The minimum atomic E-state index is -5.36. The molecule has 17 heteroatoms. The minimum Gasteiger partial charge on any atom is -0.441 e. The first-order chi connectivity index (χ1) is 20.1. The predicted octanol–water partition coefficient (Wildman–Crippen LogP) is 3.54. The largest absolute Gasteiger partial charge is 0.490 e. The lowest BCUT2D eigenvalue weighted by Gasteiger charge is -2.24. The second kappa shape index (κ2) is 9.72. The van der Waals surface area contributed by atoms with Gasteiger partial charge in [-0.05, 0) is 18.2 Å². The summed E-state index contributed by atoms with van der Waals surface area (Å²) in [6.45, 7) is 3.56. The number of carbonyl (C=O) groups is 3. The van der Waals surface area contributed by atoms with Crippen LogP contribution >= 0.6 is 11.3 Å². The van der Waals surface area contributed by atoms with Crippen LogP contribution in [0.1, 0.15) is 24.4 Å².